The molecule has 0 atom stereocenters. The molecule has 21 heavy (non-hydrogen) atoms. The first-order valence-corrected chi connectivity index (χ1v) is 7.69. The third-order valence-electron chi connectivity index (χ3n) is 3.00. The summed E-state index contributed by atoms with van der Waals surface area (Å²) in [5.41, 5.74) is 4.38. The van der Waals surface area contributed by atoms with Gasteiger partial charge in [-0.1, -0.05) is 54.1 Å². The summed E-state index contributed by atoms with van der Waals surface area (Å²) in [6.45, 7) is 8.09. The molecular formula is C17H18ClNOS. The summed E-state index contributed by atoms with van der Waals surface area (Å²) in [5.74, 6) is 0.763. The van der Waals surface area contributed by atoms with Gasteiger partial charge in [0.05, 0.1) is 0 Å². The minimum atomic E-state index is 0.689. The fourth-order valence-corrected chi connectivity index (χ4v) is 2.30. The molecule has 0 N–H and O–H groups in total. The van der Waals surface area contributed by atoms with E-state index in [1.54, 1.807) is 0 Å². The van der Waals surface area contributed by atoms with Crippen LogP contribution in [-0.4, -0.2) is 3.82 Å². The highest BCUT2D eigenvalue weighted by molar-refractivity contribution is 7.93. The van der Waals surface area contributed by atoms with Crippen molar-refractivity contribution in [2.24, 2.45) is 0 Å². The van der Waals surface area contributed by atoms with Crippen LogP contribution in [0, 0.1) is 13.8 Å². The first kappa shape index (κ1) is 15.8. The smallest absolute Gasteiger partial charge is 0.195 e. The average molecular weight is 320 g/mol. The Labute approximate surface area is 135 Å². The zero-order valence-corrected chi connectivity index (χ0v) is 13.7. The van der Waals surface area contributed by atoms with Crippen molar-refractivity contribution in [1.82, 2.24) is 3.82 Å². The number of halogens is 1. The third kappa shape index (κ3) is 5.03. The first-order chi connectivity index (χ1) is 10.0. The fourth-order valence-electron chi connectivity index (χ4n) is 1.73. The Morgan fingerprint density at radius 2 is 1.57 bits per heavy atom. The van der Waals surface area contributed by atoms with Gasteiger partial charge in [-0.05, 0) is 31.5 Å². The van der Waals surface area contributed by atoms with Crippen LogP contribution >= 0.6 is 24.0 Å². The number of allylic oxidation sites excluding steroid dienone is 1. The maximum Gasteiger partial charge on any atom is 0.195 e. The third-order valence-corrected chi connectivity index (χ3v) is 4.06. The molecule has 2 aromatic carbocycles. The van der Waals surface area contributed by atoms with Gasteiger partial charge in [-0.15, -0.1) is 0 Å². The SMILES string of the molecule is C=C(Cc1ccc(C)cc1)N(Cl)SOc1ccc(C)cc1. The van der Waals surface area contributed by atoms with Gasteiger partial charge in [-0.25, -0.2) is 0 Å². The van der Waals surface area contributed by atoms with Gasteiger partial charge in [0.15, 0.2) is 12.2 Å². The quantitative estimate of drug-likeness (QED) is 0.398. The number of benzene rings is 2. The van der Waals surface area contributed by atoms with Crippen molar-refractivity contribution < 1.29 is 4.18 Å². The summed E-state index contributed by atoms with van der Waals surface area (Å²) in [6, 6.07) is 16.1. The maximum absolute atomic E-state index is 6.17. The monoisotopic (exact) mass is 319 g/mol. The summed E-state index contributed by atoms with van der Waals surface area (Å²) < 4.78 is 6.98. The van der Waals surface area contributed by atoms with Gasteiger partial charge in [0.1, 0.15) is 5.75 Å². The number of hydrogen-bond donors (Lipinski definition) is 0. The van der Waals surface area contributed by atoms with Crippen LogP contribution in [0.15, 0.2) is 60.8 Å². The minimum absolute atomic E-state index is 0.689. The highest BCUT2D eigenvalue weighted by Gasteiger charge is 2.09. The molecule has 2 rings (SSSR count). The van der Waals surface area contributed by atoms with Crippen molar-refractivity contribution in [2.45, 2.75) is 20.3 Å². The highest BCUT2D eigenvalue weighted by atomic mass is 35.5. The summed E-state index contributed by atoms with van der Waals surface area (Å²) in [6.07, 6.45) is 0.689. The molecular weight excluding hydrogens is 302 g/mol. The van der Waals surface area contributed by atoms with Crippen molar-refractivity contribution >= 4 is 24.0 Å². The second-order valence-electron chi connectivity index (χ2n) is 4.94. The van der Waals surface area contributed by atoms with E-state index in [1.165, 1.54) is 20.5 Å². The second-order valence-corrected chi connectivity index (χ2v) is 6.16. The van der Waals surface area contributed by atoms with E-state index in [4.69, 9.17) is 16.0 Å². The lowest BCUT2D eigenvalue weighted by Crippen LogP contribution is -2.06. The predicted molar refractivity (Wildman–Crippen MR) is 91.1 cm³/mol. The molecule has 0 aliphatic carbocycles. The Morgan fingerprint density at radius 1 is 1.05 bits per heavy atom. The number of hydrogen-bond acceptors (Lipinski definition) is 3. The van der Waals surface area contributed by atoms with Crippen LogP contribution in [0.4, 0.5) is 0 Å². The lowest BCUT2D eigenvalue weighted by atomic mass is 10.1. The Bertz CT molecular complexity index is 595. The number of nitrogens with zero attached hydrogens (tertiary/aromatic N) is 1. The minimum Gasteiger partial charge on any atom is -0.404 e. The van der Waals surface area contributed by atoms with Gasteiger partial charge in [0, 0.05) is 23.9 Å². The molecule has 2 aromatic rings. The molecule has 0 unspecified atom stereocenters. The van der Waals surface area contributed by atoms with Crippen molar-refractivity contribution in [1.29, 1.82) is 0 Å². The average Bonchev–Trinajstić information content (AvgIpc) is 2.48. The molecule has 0 saturated carbocycles. The van der Waals surface area contributed by atoms with Crippen LogP contribution in [0.5, 0.6) is 5.75 Å². The van der Waals surface area contributed by atoms with Gasteiger partial charge in [-0.3, -0.25) is 0 Å². The molecule has 0 heterocycles. The van der Waals surface area contributed by atoms with Crippen LogP contribution in [0.1, 0.15) is 16.7 Å². The van der Waals surface area contributed by atoms with E-state index >= 15 is 0 Å². The van der Waals surface area contributed by atoms with Gasteiger partial charge < -0.3 is 4.18 Å². The molecule has 0 saturated heterocycles. The summed E-state index contributed by atoms with van der Waals surface area (Å²) >= 11 is 7.23. The Balaban J connectivity index is 1.84. The van der Waals surface area contributed by atoms with Crippen molar-refractivity contribution in [3.63, 3.8) is 0 Å². The standard InChI is InChI=1S/C17H18ClNOS/c1-13-4-8-16(9-5-13)12-15(3)19(18)21-20-17-10-6-14(2)7-11-17/h4-11H,3,12H2,1-2H3. The largest absolute Gasteiger partial charge is 0.404 e. The van der Waals surface area contributed by atoms with Crippen molar-refractivity contribution in [3.8, 4) is 5.75 Å². The summed E-state index contributed by atoms with van der Waals surface area (Å²) in [5, 5.41) is 0. The normalized spacial score (nSPS) is 10.2. The van der Waals surface area contributed by atoms with E-state index in [9.17, 15) is 0 Å². The zero-order valence-electron chi connectivity index (χ0n) is 12.2. The van der Waals surface area contributed by atoms with E-state index in [-0.39, 0.29) is 0 Å². The van der Waals surface area contributed by atoms with E-state index in [1.807, 2.05) is 31.2 Å². The molecule has 110 valence electrons. The molecule has 0 amide bonds. The van der Waals surface area contributed by atoms with Crippen molar-refractivity contribution in [2.75, 3.05) is 0 Å². The molecule has 0 bridgehead atoms. The molecule has 0 aromatic heterocycles. The van der Waals surface area contributed by atoms with Crippen molar-refractivity contribution in [3.05, 3.63) is 77.5 Å². The number of rotatable bonds is 6. The molecule has 0 aliphatic rings. The van der Waals surface area contributed by atoms with E-state index in [0.717, 1.165) is 23.7 Å². The zero-order chi connectivity index (χ0) is 15.2. The first-order valence-electron chi connectivity index (χ1n) is 6.65. The molecule has 0 radical (unpaired) electrons. The lowest BCUT2D eigenvalue weighted by molar-refractivity contribution is 0.616. The van der Waals surface area contributed by atoms with Crippen LogP contribution in [0.3, 0.4) is 0 Å². The van der Waals surface area contributed by atoms with Crippen LogP contribution < -0.4 is 4.18 Å². The molecule has 0 aliphatic heterocycles. The second kappa shape index (κ2) is 7.43. The molecule has 2 nitrogen and oxygen atoms in total. The topological polar surface area (TPSA) is 12.5 Å². The fraction of sp³-hybridized carbons (Fsp3) is 0.176. The van der Waals surface area contributed by atoms with Gasteiger partial charge >= 0.3 is 0 Å². The molecule has 0 spiro atoms. The Hall–Kier alpha value is -1.58. The van der Waals surface area contributed by atoms with E-state index < -0.39 is 0 Å². The Kier molecular flexibility index (Phi) is 5.59. The van der Waals surface area contributed by atoms with Gasteiger partial charge in [0.2, 0.25) is 0 Å². The molecule has 4 heteroatoms. The van der Waals surface area contributed by atoms with Gasteiger partial charge in [-0.2, -0.15) is 3.82 Å². The lowest BCUT2D eigenvalue weighted by Gasteiger charge is -2.16. The molecule has 0 fully saturated rings. The summed E-state index contributed by atoms with van der Waals surface area (Å²) in [4.78, 5) is 0. The van der Waals surface area contributed by atoms with Crippen LogP contribution in [0.2, 0.25) is 0 Å². The van der Waals surface area contributed by atoms with Gasteiger partial charge in [0.25, 0.3) is 0 Å². The van der Waals surface area contributed by atoms with E-state index in [0.29, 0.717) is 6.42 Å². The predicted octanol–water partition coefficient (Wildman–Crippen LogP) is 5.46. The maximum atomic E-state index is 6.17. The van der Waals surface area contributed by atoms with E-state index in [2.05, 4.69) is 37.8 Å². The van der Waals surface area contributed by atoms with Crippen LogP contribution in [-0.2, 0) is 6.42 Å². The Morgan fingerprint density at radius 3 is 2.14 bits per heavy atom. The summed E-state index contributed by atoms with van der Waals surface area (Å²) in [7, 11) is 0. The highest BCUT2D eigenvalue weighted by Crippen LogP contribution is 2.26. The van der Waals surface area contributed by atoms with Crippen LogP contribution in [0.25, 0.3) is 0 Å². The number of aryl methyl sites for hydroxylation is 2.